The van der Waals surface area contributed by atoms with Crippen LogP contribution in [-0.4, -0.2) is 23.9 Å². The molecule has 0 fully saturated rings. The van der Waals surface area contributed by atoms with Gasteiger partial charge in [-0.1, -0.05) is 136 Å². The minimum atomic E-state index is -1.60. The summed E-state index contributed by atoms with van der Waals surface area (Å²) in [6.45, 7) is 25.1. The largest absolute Gasteiger partial charge is 0.512 e. The molecule has 237 valence electrons. The average molecular weight is 785 g/mol. The van der Waals surface area contributed by atoms with E-state index in [4.69, 9.17) is 4.98 Å². The number of hydrogen-bond donors (Lipinski definition) is 1. The van der Waals surface area contributed by atoms with E-state index in [-0.39, 0.29) is 42.5 Å². The summed E-state index contributed by atoms with van der Waals surface area (Å²) in [4.78, 5) is 16.7. The first-order chi connectivity index (χ1) is 19.7. The van der Waals surface area contributed by atoms with Crippen LogP contribution in [0.25, 0.3) is 33.3 Å². The van der Waals surface area contributed by atoms with E-state index in [1.165, 1.54) is 33.3 Å². The van der Waals surface area contributed by atoms with Crippen molar-refractivity contribution in [3.63, 3.8) is 0 Å². The molecule has 0 bridgehead atoms. The van der Waals surface area contributed by atoms with Gasteiger partial charge in [0.1, 0.15) is 5.76 Å². The van der Waals surface area contributed by atoms with Crippen molar-refractivity contribution in [3.8, 4) is 22.4 Å². The Morgan fingerprint density at radius 2 is 1.41 bits per heavy atom. The average Bonchev–Trinajstić information content (AvgIpc) is 2.91. The van der Waals surface area contributed by atoms with Crippen LogP contribution in [0.2, 0.25) is 19.6 Å². The molecule has 1 aromatic heterocycles. The van der Waals surface area contributed by atoms with Crippen molar-refractivity contribution in [2.45, 2.75) is 87.4 Å². The molecule has 0 unspecified atom stereocenters. The maximum Gasteiger partial charge on any atom is 0.164 e. The molecule has 0 aliphatic rings. The molecule has 0 saturated carbocycles. The monoisotopic (exact) mass is 785 g/mol. The fourth-order valence-electron chi connectivity index (χ4n) is 4.38. The first-order valence-electron chi connectivity index (χ1n) is 15.2. The van der Waals surface area contributed by atoms with E-state index in [0.29, 0.717) is 0 Å². The van der Waals surface area contributed by atoms with Gasteiger partial charge < -0.3 is 5.11 Å². The molecule has 3 nitrogen and oxygen atoms in total. The fraction of sp³-hybridized carbons (Fsp3) is 0.385. The van der Waals surface area contributed by atoms with E-state index in [0.717, 1.165) is 16.8 Å². The Kier molecular flexibility index (Phi) is 11.9. The third kappa shape index (κ3) is 9.82. The summed E-state index contributed by atoms with van der Waals surface area (Å²) in [5.41, 5.74) is 6.32. The normalized spacial score (nSPS) is 12.7. The Hall–Kier alpha value is -2.85. The maximum atomic E-state index is 11.5. The predicted molar refractivity (Wildman–Crippen MR) is 188 cm³/mol. The Morgan fingerprint density at radius 1 is 0.795 bits per heavy atom. The number of pyridine rings is 1. The number of rotatable bonds is 4. The maximum absolute atomic E-state index is 11.5. The van der Waals surface area contributed by atoms with Crippen molar-refractivity contribution in [3.05, 3.63) is 96.3 Å². The smallest absolute Gasteiger partial charge is 0.164 e. The van der Waals surface area contributed by atoms with E-state index in [9.17, 15) is 9.90 Å². The van der Waals surface area contributed by atoms with Crippen LogP contribution in [0.5, 0.6) is 0 Å². The number of aromatic nitrogens is 1. The van der Waals surface area contributed by atoms with Crippen molar-refractivity contribution >= 4 is 29.9 Å². The number of carbonyl (C=O) groups excluding carboxylic acids is 1. The van der Waals surface area contributed by atoms with Crippen LogP contribution >= 0.6 is 0 Å². The van der Waals surface area contributed by atoms with Gasteiger partial charge in [-0.05, 0) is 33.7 Å². The van der Waals surface area contributed by atoms with E-state index < -0.39 is 13.5 Å². The molecule has 44 heavy (non-hydrogen) atoms. The second-order valence-corrected chi connectivity index (χ2v) is 20.6. The number of aliphatic hydroxyl groups excluding tert-OH is 1. The van der Waals surface area contributed by atoms with Crippen molar-refractivity contribution in [1.82, 2.24) is 4.98 Å². The molecular weight excluding hydrogens is 735 g/mol. The Bertz CT molecular complexity index is 1610. The molecule has 0 aliphatic carbocycles. The van der Waals surface area contributed by atoms with Gasteiger partial charge in [0, 0.05) is 37.0 Å². The number of aliphatic hydroxyl groups is 1. The fourth-order valence-corrected chi connectivity index (χ4v) is 5.87. The second kappa shape index (κ2) is 14.1. The zero-order chi connectivity index (χ0) is 32.4. The van der Waals surface area contributed by atoms with E-state index >= 15 is 0 Å². The molecule has 1 N–H and O–H groups in total. The number of benzene rings is 3. The van der Waals surface area contributed by atoms with Crippen LogP contribution < -0.4 is 5.19 Å². The molecule has 4 rings (SSSR count). The van der Waals surface area contributed by atoms with Crippen molar-refractivity contribution in [2.24, 2.45) is 10.8 Å². The molecule has 0 aliphatic heterocycles. The van der Waals surface area contributed by atoms with E-state index in [2.05, 4.69) is 119 Å². The second-order valence-electron chi connectivity index (χ2n) is 15.5. The van der Waals surface area contributed by atoms with Crippen LogP contribution in [0.1, 0.15) is 67.9 Å². The van der Waals surface area contributed by atoms with E-state index in [1.54, 1.807) is 0 Å². The van der Waals surface area contributed by atoms with Gasteiger partial charge >= 0.3 is 0 Å². The van der Waals surface area contributed by atoms with Crippen LogP contribution in [0.3, 0.4) is 0 Å². The Morgan fingerprint density at radius 3 is 1.93 bits per heavy atom. The Labute approximate surface area is 280 Å². The van der Waals surface area contributed by atoms with Gasteiger partial charge in [0.25, 0.3) is 0 Å². The zero-order valence-electron chi connectivity index (χ0n) is 28.6. The predicted octanol–water partition coefficient (Wildman–Crippen LogP) is 10.3. The third-order valence-corrected chi connectivity index (χ3v) is 9.43. The molecule has 0 atom stereocenters. The van der Waals surface area contributed by atoms with Crippen LogP contribution in [-0.2, 0) is 30.3 Å². The SMILES string of the molecule is CC(C)(C)C(=O)/C=C(\O)C(C)(C)C.CC(C)(C)c1cc[c-]c(-c2nc3cc(-c4ccccc4)ccc3cc2[Si](C)(C)C)c1.[Ir]. The quantitative estimate of drug-likeness (QED) is 0.0971. The van der Waals surface area contributed by atoms with E-state index in [1.807, 2.05) is 41.5 Å². The van der Waals surface area contributed by atoms with Gasteiger partial charge in [-0.25, -0.2) is 0 Å². The number of hydrogen-bond acceptors (Lipinski definition) is 3. The van der Waals surface area contributed by atoms with Crippen molar-refractivity contribution in [1.29, 1.82) is 0 Å². The number of allylic oxidation sites excluding steroid dienone is 2. The summed E-state index contributed by atoms with van der Waals surface area (Å²) in [6.07, 6.45) is 1.33. The topological polar surface area (TPSA) is 50.2 Å². The van der Waals surface area contributed by atoms with Gasteiger partial charge in [-0.15, -0.1) is 35.4 Å². The molecule has 1 heterocycles. The molecule has 0 spiro atoms. The first kappa shape index (κ1) is 37.3. The third-order valence-electron chi connectivity index (χ3n) is 7.43. The standard InChI is InChI=1S/C28H30NSi.C11H20O2.Ir/c1-28(2,3)24-14-10-13-23(17-24)27-26(30(4,5)6)19-22-16-15-21(18-25(22)29-27)20-11-8-7-9-12-20;1-10(2,3)8(12)7-9(13)11(4,5)6;/h7-12,14-19H,1-6H3;7,12H,1-6H3;/q-1;;/b;8-7-;. The van der Waals surface area contributed by atoms with Crippen LogP contribution in [0.4, 0.5) is 0 Å². The van der Waals surface area contributed by atoms with Gasteiger partial charge in [-0.3, -0.25) is 9.78 Å². The van der Waals surface area contributed by atoms with Gasteiger partial charge in [0.2, 0.25) is 0 Å². The molecule has 5 heteroatoms. The summed E-state index contributed by atoms with van der Waals surface area (Å²) in [5.74, 6) is 0.104. The van der Waals surface area contributed by atoms with Gasteiger partial charge in [0.05, 0.1) is 13.6 Å². The van der Waals surface area contributed by atoms with Crippen LogP contribution in [0, 0.1) is 16.9 Å². The summed E-state index contributed by atoms with van der Waals surface area (Å²) in [7, 11) is -1.60. The minimum absolute atomic E-state index is 0. The molecule has 3 aromatic carbocycles. The molecule has 0 saturated heterocycles. The molecule has 0 amide bonds. The van der Waals surface area contributed by atoms with Gasteiger partial charge in [-0.2, -0.15) is 0 Å². The molecular formula is C39H50IrNO2Si-. The summed E-state index contributed by atoms with van der Waals surface area (Å²) in [5, 5.41) is 12.2. The summed E-state index contributed by atoms with van der Waals surface area (Å²) < 4.78 is 0. The number of carbonyl (C=O) groups is 1. The van der Waals surface area contributed by atoms with Crippen LogP contribution in [0.15, 0.2) is 84.6 Å². The van der Waals surface area contributed by atoms with Crippen molar-refractivity contribution in [2.75, 3.05) is 0 Å². The number of fused-ring (bicyclic) bond motifs is 1. The Balaban J connectivity index is 0.000000412. The number of nitrogens with zero attached hydrogens (tertiary/aromatic N) is 1. The van der Waals surface area contributed by atoms with Gasteiger partial charge in [0.15, 0.2) is 5.78 Å². The summed E-state index contributed by atoms with van der Waals surface area (Å²) in [6, 6.07) is 29.5. The zero-order valence-corrected chi connectivity index (χ0v) is 32.0. The number of ketones is 1. The molecule has 1 radical (unpaired) electrons. The molecule has 4 aromatic rings. The first-order valence-corrected chi connectivity index (χ1v) is 18.7. The summed E-state index contributed by atoms with van der Waals surface area (Å²) >= 11 is 0. The van der Waals surface area contributed by atoms with Crippen molar-refractivity contribution < 1.29 is 30.0 Å². The minimum Gasteiger partial charge on any atom is -0.512 e.